The maximum Gasteiger partial charge on any atom is 0.258 e. The molecule has 0 fully saturated rings. The number of anilines is 3. The Balaban J connectivity index is 1.39. The first-order valence-corrected chi connectivity index (χ1v) is 15.5. The zero-order chi connectivity index (χ0) is 34.3. The van der Waals surface area contributed by atoms with Gasteiger partial charge in [0.25, 0.3) is 11.8 Å². The molecule has 4 amide bonds. The van der Waals surface area contributed by atoms with Crippen LogP contribution in [0, 0.1) is 11.8 Å². The summed E-state index contributed by atoms with van der Waals surface area (Å²) in [6, 6.07) is 24.1. The molecule has 0 saturated heterocycles. The second-order valence-corrected chi connectivity index (χ2v) is 12.0. The summed E-state index contributed by atoms with van der Waals surface area (Å²) in [6.45, 7) is 3.79. The van der Waals surface area contributed by atoms with Gasteiger partial charge in [0, 0.05) is 41.7 Å². The monoisotopic (exact) mass is 647 g/mol. The lowest BCUT2D eigenvalue weighted by molar-refractivity contribution is -0.132. The van der Waals surface area contributed by atoms with Gasteiger partial charge in [-0.25, -0.2) is 5.48 Å². The predicted octanol–water partition coefficient (Wildman–Crippen LogP) is 5.10. The van der Waals surface area contributed by atoms with Crippen LogP contribution in [-0.2, 0) is 24.7 Å². The van der Waals surface area contributed by atoms with E-state index in [4.69, 9.17) is 10.9 Å². The summed E-state index contributed by atoms with van der Waals surface area (Å²) in [7, 11) is 0. The molecule has 0 radical (unpaired) electrons. The summed E-state index contributed by atoms with van der Waals surface area (Å²) < 4.78 is 0. The van der Waals surface area contributed by atoms with E-state index in [0.29, 0.717) is 34.5 Å². The number of hydrogen-bond acceptors (Lipinski definition) is 8. The Morgan fingerprint density at radius 2 is 1.17 bits per heavy atom. The maximum absolute atomic E-state index is 14.1. The van der Waals surface area contributed by atoms with Gasteiger partial charge in [0.2, 0.25) is 17.4 Å². The summed E-state index contributed by atoms with van der Waals surface area (Å²) in [4.78, 5) is 61.2. The van der Waals surface area contributed by atoms with Gasteiger partial charge in [-0.3, -0.25) is 34.4 Å². The van der Waals surface area contributed by atoms with Crippen LogP contribution >= 0.6 is 0 Å². The van der Waals surface area contributed by atoms with Crippen LogP contribution in [0.4, 0.5) is 17.1 Å². The second-order valence-electron chi connectivity index (χ2n) is 12.0. The largest absolute Gasteiger partial charge is 0.326 e. The lowest BCUT2D eigenvalue weighted by Gasteiger charge is -2.28. The Morgan fingerprint density at radius 1 is 0.688 bits per heavy atom. The molecule has 3 aromatic carbocycles. The summed E-state index contributed by atoms with van der Waals surface area (Å²) in [5, 5.41) is 18.8. The number of nitrogens with one attached hydrogen (secondary N) is 4. The molecule has 0 aliphatic heterocycles. The highest BCUT2D eigenvalue weighted by Crippen LogP contribution is 2.29. The molecule has 48 heavy (non-hydrogen) atoms. The molecule has 7 N–H and O–H groups in total. The van der Waals surface area contributed by atoms with E-state index in [9.17, 15) is 19.2 Å². The zero-order valence-electron chi connectivity index (χ0n) is 26.6. The van der Waals surface area contributed by atoms with Crippen molar-refractivity contribution >= 4 is 62.5 Å². The minimum atomic E-state index is -2.22. The van der Waals surface area contributed by atoms with Crippen molar-refractivity contribution in [3.63, 3.8) is 0 Å². The first-order valence-electron chi connectivity index (χ1n) is 15.5. The molecule has 0 spiro atoms. The second kappa shape index (κ2) is 14.8. The average Bonchev–Trinajstić information content (AvgIpc) is 3.08. The lowest BCUT2D eigenvalue weighted by Crippen LogP contribution is -2.57. The molecule has 12 nitrogen and oxygen atoms in total. The van der Waals surface area contributed by atoms with Gasteiger partial charge in [0.1, 0.15) is 0 Å². The number of carbonyl (C=O) groups excluding carboxylic acids is 4. The molecule has 2 atom stereocenters. The molecular formula is C36H37N7O5. The highest BCUT2D eigenvalue weighted by Gasteiger charge is 2.44. The molecule has 5 aromatic rings. The molecule has 0 bridgehead atoms. The molecule has 12 heteroatoms. The minimum Gasteiger partial charge on any atom is -0.326 e. The van der Waals surface area contributed by atoms with E-state index < -0.39 is 23.3 Å². The summed E-state index contributed by atoms with van der Waals surface area (Å²) in [6.07, 6.45) is 4.19. The Bertz CT molecular complexity index is 1860. The van der Waals surface area contributed by atoms with Crippen molar-refractivity contribution in [3.05, 3.63) is 103 Å². The van der Waals surface area contributed by atoms with Crippen LogP contribution in [0.5, 0.6) is 0 Å². The predicted molar refractivity (Wildman–Crippen MR) is 184 cm³/mol. The fourth-order valence-corrected chi connectivity index (χ4v) is 5.78. The van der Waals surface area contributed by atoms with Crippen molar-refractivity contribution in [1.82, 2.24) is 15.4 Å². The smallest absolute Gasteiger partial charge is 0.258 e. The van der Waals surface area contributed by atoms with Crippen molar-refractivity contribution in [2.45, 2.75) is 38.6 Å². The van der Waals surface area contributed by atoms with Gasteiger partial charge in [0.05, 0.1) is 22.4 Å². The van der Waals surface area contributed by atoms with Crippen molar-refractivity contribution in [2.24, 2.45) is 17.6 Å². The zero-order valence-corrected chi connectivity index (χ0v) is 26.6. The van der Waals surface area contributed by atoms with Gasteiger partial charge in [-0.2, -0.15) is 0 Å². The SMILES string of the molecule is CC(CC(=O)NO)CC(C)CC(=O)Nc1ccc(C(N)(C(=O)Nc2cccc3cccnc23)C(=O)Nc2cccc3cccnc23)cc1. The van der Waals surface area contributed by atoms with E-state index in [0.717, 1.165) is 10.8 Å². The van der Waals surface area contributed by atoms with E-state index in [-0.39, 0.29) is 36.1 Å². The molecule has 0 aliphatic rings. The quantitative estimate of drug-likeness (QED) is 0.0613. The van der Waals surface area contributed by atoms with Crippen LogP contribution < -0.4 is 27.2 Å². The van der Waals surface area contributed by atoms with Gasteiger partial charge >= 0.3 is 0 Å². The summed E-state index contributed by atoms with van der Waals surface area (Å²) in [5.41, 5.74) is 8.68. The minimum absolute atomic E-state index is 0.0245. The molecular weight excluding hydrogens is 610 g/mol. The third kappa shape index (κ3) is 7.63. The highest BCUT2D eigenvalue weighted by atomic mass is 16.5. The number of rotatable bonds is 12. The number of para-hydroxylation sites is 2. The fourth-order valence-electron chi connectivity index (χ4n) is 5.78. The van der Waals surface area contributed by atoms with E-state index in [2.05, 4.69) is 25.9 Å². The number of aromatic nitrogens is 2. The summed E-state index contributed by atoms with van der Waals surface area (Å²) in [5.74, 6) is -2.34. The topological polar surface area (TPSA) is 188 Å². The van der Waals surface area contributed by atoms with Gasteiger partial charge in [-0.15, -0.1) is 0 Å². The Hall–Kier alpha value is -5.72. The molecule has 5 rings (SSSR count). The van der Waals surface area contributed by atoms with Crippen LogP contribution in [0.25, 0.3) is 21.8 Å². The molecule has 0 saturated carbocycles. The van der Waals surface area contributed by atoms with Crippen molar-refractivity contribution in [3.8, 4) is 0 Å². The van der Waals surface area contributed by atoms with Crippen LogP contribution in [0.15, 0.2) is 97.3 Å². The van der Waals surface area contributed by atoms with Gasteiger partial charge in [0.15, 0.2) is 0 Å². The first-order chi connectivity index (χ1) is 23.1. The van der Waals surface area contributed by atoms with Crippen LogP contribution in [0.3, 0.4) is 0 Å². The van der Waals surface area contributed by atoms with Crippen molar-refractivity contribution < 1.29 is 24.4 Å². The third-order valence-corrected chi connectivity index (χ3v) is 8.10. The number of benzene rings is 3. The standard InChI is InChI=1S/C36H37N7O5/c1-22(19-23(2)21-31(45)43-48)20-30(44)40-27-15-13-26(14-16-27)36(37,34(46)41-28-11-3-7-24-9-5-17-38-32(24)28)35(47)42-29-12-4-8-25-10-6-18-39-33(25)29/h3-18,22-23,48H,19-21,37H2,1-2H3,(H,40,44)(H,41,46)(H,42,47)(H,43,45). The fraction of sp³-hybridized carbons (Fsp3) is 0.222. The van der Waals surface area contributed by atoms with E-state index >= 15 is 0 Å². The lowest BCUT2D eigenvalue weighted by atomic mass is 9.88. The number of pyridine rings is 2. The first kappa shape index (κ1) is 33.6. The van der Waals surface area contributed by atoms with Crippen LogP contribution in [-0.4, -0.2) is 38.8 Å². The number of fused-ring (bicyclic) bond motifs is 2. The number of amides is 4. The molecule has 2 unspecified atom stereocenters. The maximum atomic E-state index is 14.1. The molecule has 2 heterocycles. The Morgan fingerprint density at radius 3 is 1.67 bits per heavy atom. The van der Waals surface area contributed by atoms with Gasteiger partial charge in [-0.1, -0.05) is 62.4 Å². The molecule has 0 aliphatic carbocycles. The van der Waals surface area contributed by atoms with Gasteiger partial charge < -0.3 is 21.7 Å². The number of hydroxylamine groups is 1. The number of hydrogen-bond donors (Lipinski definition) is 6. The van der Waals surface area contributed by atoms with Crippen LogP contribution in [0.2, 0.25) is 0 Å². The number of nitrogens with zero attached hydrogens (tertiary/aromatic N) is 2. The average molecular weight is 648 g/mol. The van der Waals surface area contributed by atoms with Crippen LogP contribution in [0.1, 0.15) is 38.7 Å². The van der Waals surface area contributed by atoms with E-state index in [1.54, 1.807) is 66.4 Å². The van der Waals surface area contributed by atoms with Gasteiger partial charge in [-0.05, 0) is 60.2 Å². The third-order valence-electron chi connectivity index (χ3n) is 8.10. The Kier molecular flexibility index (Phi) is 10.4. The van der Waals surface area contributed by atoms with Crippen molar-refractivity contribution in [2.75, 3.05) is 16.0 Å². The number of nitrogens with two attached hydrogens (primary N) is 1. The number of carbonyl (C=O) groups is 4. The summed E-state index contributed by atoms with van der Waals surface area (Å²) >= 11 is 0. The Labute approximate surface area is 277 Å². The highest BCUT2D eigenvalue weighted by molar-refractivity contribution is 6.20. The van der Waals surface area contributed by atoms with E-state index in [1.807, 2.05) is 38.1 Å². The molecule has 2 aromatic heterocycles. The molecule has 246 valence electrons. The normalized spacial score (nSPS) is 12.6. The van der Waals surface area contributed by atoms with E-state index in [1.165, 1.54) is 12.1 Å². The van der Waals surface area contributed by atoms with Crippen molar-refractivity contribution in [1.29, 1.82) is 0 Å².